The zero-order valence-corrected chi connectivity index (χ0v) is 20.2. The molecule has 0 radical (unpaired) electrons. The Kier molecular flexibility index (Phi) is 9.85. The fourth-order valence-electron chi connectivity index (χ4n) is 3.29. The summed E-state index contributed by atoms with van der Waals surface area (Å²) in [6.07, 6.45) is 1.58. The van der Waals surface area contributed by atoms with Crippen LogP contribution in [0.1, 0.15) is 44.7 Å². The molecule has 0 aliphatic carbocycles. The number of nitrogens with zero attached hydrogens (tertiary/aromatic N) is 1. The minimum Gasteiger partial charge on any atom is -0.493 e. The van der Waals surface area contributed by atoms with E-state index in [9.17, 15) is 9.59 Å². The lowest BCUT2D eigenvalue weighted by atomic mass is 10.1. The van der Waals surface area contributed by atoms with E-state index >= 15 is 0 Å². The summed E-state index contributed by atoms with van der Waals surface area (Å²) in [5.74, 6) is 0.960. The van der Waals surface area contributed by atoms with Gasteiger partial charge in [0.2, 0.25) is 11.8 Å². The van der Waals surface area contributed by atoms with Gasteiger partial charge < -0.3 is 19.7 Å². The number of hydrogen-bond donors (Lipinski definition) is 1. The molecule has 2 aromatic carbocycles. The molecule has 0 bridgehead atoms. The van der Waals surface area contributed by atoms with Gasteiger partial charge >= 0.3 is 0 Å². The monoisotopic (exact) mass is 460 g/mol. The summed E-state index contributed by atoms with van der Waals surface area (Å²) in [7, 11) is 3.16. The first-order valence-corrected chi connectivity index (χ1v) is 11.2. The summed E-state index contributed by atoms with van der Waals surface area (Å²) < 4.78 is 10.6. The van der Waals surface area contributed by atoms with Crippen LogP contribution in [0.2, 0.25) is 5.02 Å². The fourth-order valence-corrected chi connectivity index (χ4v) is 3.48. The number of halogens is 1. The molecule has 2 rings (SSSR count). The molecule has 0 saturated heterocycles. The molecule has 6 nitrogen and oxygen atoms in total. The van der Waals surface area contributed by atoms with Gasteiger partial charge in [-0.1, -0.05) is 42.8 Å². The number of carbonyl (C=O) groups is 2. The molecule has 0 unspecified atom stereocenters. The van der Waals surface area contributed by atoms with Gasteiger partial charge in [-0.15, -0.1) is 0 Å². The highest BCUT2D eigenvalue weighted by Gasteiger charge is 2.27. The third kappa shape index (κ3) is 6.89. The second-order valence-corrected chi connectivity index (χ2v) is 8.20. The molecule has 1 N–H and O–H groups in total. The average molecular weight is 461 g/mol. The Morgan fingerprint density at radius 2 is 1.75 bits per heavy atom. The average Bonchev–Trinajstić information content (AvgIpc) is 2.81. The van der Waals surface area contributed by atoms with E-state index < -0.39 is 6.04 Å². The van der Waals surface area contributed by atoms with Crippen LogP contribution in [0.5, 0.6) is 11.5 Å². The molecule has 0 heterocycles. The third-order valence-electron chi connectivity index (χ3n) is 5.54. The van der Waals surface area contributed by atoms with Crippen molar-refractivity contribution in [3.8, 4) is 11.5 Å². The normalized spacial score (nSPS) is 12.6. The number of methoxy groups -OCH3 is 2. The molecule has 7 heteroatoms. The van der Waals surface area contributed by atoms with Gasteiger partial charge in [0.05, 0.1) is 14.2 Å². The number of aryl methyl sites for hydroxylation is 1. The molecule has 2 amide bonds. The van der Waals surface area contributed by atoms with Crippen molar-refractivity contribution >= 4 is 23.4 Å². The molecule has 0 aliphatic rings. The predicted molar refractivity (Wildman–Crippen MR) is 127 cm³/mol. The van der Waals surface area contributed by atoms with Crippen LogP contribution in [-0.2, 0) is 22.6 Å². The van der Waals surface area contributed by atoms with Crippen LogP contribution in [0.4, 0.5) is 0 Å². The summed E-state index contributed by atoms with van der Waals surface area (Å²) in [6.45, 7) is 5.97. The number of benzene rings is 2. The van der Waals surface area contributed by atoms with Crippen molar-refractivity contribution < 1.29 is 19.1 Å². The molecule has 0 aliphatic heterocycles. The van der Waals surface area contributed by atoms with Gasteiger partial charge in [-0.2, -0.15) is 0 Å². The van der Waals surface area contributed by atoms with Gasteiger partial charge in [-0.25, -0.2) is 0 Å². The van der Waals surface area contributed by atoms with Gasteiger partial charge in [-0.3, -0.25) is 9.59 Å². The van der Waals surface area contributed by atoms with Crippen molar-refractivity contribution in [1.29, 1.82) is 0 Å². The molecule has 0 fully saturated rings. The van der Waals surface area contributed by atoms with E-state index in [-0.39, 0.29) is 30.8 Å². The van der Waals surface area contributed by atoms with Crippen LogP contribution in [0.3, 0.4) is 0 Å². The number of rotatable bonds is 11. The van der Waals surface area contributed by atoms with Crippen LogP contribution in [-0.4, -0.2) is 43.0 Å². The number of ether oxygens (including phenoxy) is 2. The fraction of sp³-hybridized carbons (Fsp3) is 0.440. The SMILES string of the molecule is CC[C@H](C)NC(=O)[C@@H](C)N(Cc1ccccc1Cl)C(=O)CCc1ccc(OC)c(OC)c1. The summed E-state index contributed by atoms with van der Waals surface area (Å²) in [6, 6.07) is 12.4. The molecule has 0 saturated carbocycles. The lowest BCUT2D eigenvalue weighted by molar-refractivity contribution is -0.140. The van der Waals surface area contributed by atoms with Gasteiger partial charge in [0.1, 0.15) is 6.04 Å². The predicted octanol–water partition coefficient (Wildman–Crippen LogP) is 4.62. The Labute approximate surface area is 195 Å². The standard InChI is InChI=1S/C25H33ClN2O4/c1-6-17(2)27-25(30)18(3)28(16-20-9-7-8-10-21(20)26)24(29)14-12-19-11-13-22(31-4)23(15-19)32-5/h7-11,13,15,17-18H,6,12,14,16H2,1-5H3,(H,27,30)/t17-,18+/m0/s1. The minimum absolute atomic E-state index is 0.0361. The maximum atomic E-state index is 13.3. The van der Waals surface area contributed by atoms with Gasteiger partial charge in [0.25, 0.3) is 0 Å². The largest absolute Gasteiger partial charge is 0.493 e. The Bertz CT molecular complexity index is 919. The number of carbonyl (C=O) groups excluding carboxylic acids is 2. The molecule has 0 aromatic heterocycles. The van der Waals surface area contributed by atoms with Crippen LogP contribution in [0.15, 0.2) is 42.5 Å². The quantitative estimate of drug-likeness (QED) is 0.531. The molecule has 2 aromatic rings. The van der Waals surface area contributed by atoms with Crippen molar-refractivity contribution in [2.45, 2.75) is 58.7 Å². The Morgan fingerprint density at radius 3 is 2.38 bits per heavy atom. The Balaban J connectivity index is 2.19. The number of hydrogen-bond acceptors (Lipinski definition) is 4. The number of amides is 2. The second-order valence-electron chi connectivity index (χ2n) is 7.80. The van der Waals surface area contributed by atoms with Crippen molar-refractivity contribution in [2.24, 2.45) is 0 Å². The van der Waals surface area contributed by atoms with E-state index in [1.165, 1.54) is 0 Å². The number of nitrogens with one attached hydrogen (secondary N) is 1. The topological polar surface area (TPSA) is 67.9 Å². The van der Waals surface area contributed by atoms with Crippen molar-refractivity contribution in [3.05, 3.63) is 58.6 Å². The van der Waals surface area contributed by atoms with E-state index in [4.69, 9.17) is 21.1 Å². The van der Waals surface area contributed by atoms with Crippen LogP contribution < -0.4 is 14.8 Å². The first-order chi connectivity index (χ1) is 15.3. The molecular formula is C25H33ClN2O4. The first kappa shape index (κ1) is 25.5. The summed E-state index contributed by atoms with van der Waals surface area (Å²) in [5, 5.41) is 3.54. The zero-order chi connectivity index (χ0) is 23.7. The maximum Gasteiger partial charge on any atom is 0.242 e. The van der Waals surface area contributed by atoms with E-state index in [1.807, 2.05) is 50.2 Å². The maximum absolute atomic E-state index is 13.3. The zero-order valence-electron chi connectivity index (χ0n) is 19.5. The molecule has 32 heavy (non-hydrogen) atoms. The molecule has 0 spiro atoms. The summed E-state index contributed by atoms with van der Waals surface area (Å²) in [5.41, 5.74) is 1.75. The van der Waals surface area contributed by atoms with E-state index in [2.05, 4.69) is 5.32 Å². The minimum atomic E-state index is -0.627. The van der Waals surface area contributed by atoms with Crippen molar-refractivity contribution in [2.75, 3.05) is 14.2 Å². The van der Waals surface area contributed by atoms with E-state index in [0.29, 0.717) is 22.9 Å². The van der Waals surface area contributed by atoms with E-state index in [1.54, 1.807) is 32.1 Å². The highest BCUT2D eigenvalue weighted by molar-refractivity contribution is 6.31. The summed E-state index contributed by atoms with van der Waals surface area (Å²) in [4.78, 5) is 27.6. The van der Waals surface area contributed by atoms with Crippen LogP contribution in [0.25, 0.3) is 0 Å². The third-order valence-corrected chi connectivity index (χ3v) is 5.91. The van der Waals surface area contributed by atoms with Crippen molar-refractivity contribution in [3.63, 3.8) is 0 Å². The molecule has 174 valence electrons. The lowest BCUT2D eigenvalue weighted by Gasteiger charge is -2.30. The smallest absolute Gasteiger partial charge is 0.242 e. The van der Waals surface area contributed by atoms with Gasteiger partial charge in [-0.05, 0) is 56.0 Å². The van der Waals surface area contributed by atoms with Gasteiger partial charge in [0.15, 0.2) is 11.5 Å². The molecule has 2 atom stereocenters. The van der Waals surface area contributed by atoms with Crippen LogP contribution >= 0.6 is 11.6 Å². The molecular weight excluding hydrogens is 428 g/mol. The highest BCUT2D eigenvalue weighted by Crippen LogP contribution is 2.28. The Hall–Kier alpha value is -2.73. The Morgan fingerprint density at radius 1 is 1.06 bits per heavy atom. The van der Waals surface area contributed by atoms with E-state index in [0.717, 1.165) is 17.5 Å². The highest BCUT2D eigenvalue weighted by atomic mass is 35.5. The lowest BCUT2D eigenvalue weighted by Crippen LogP contribution is -2.49. The van der Waals surface area contributed by atoms with Crippen molar-refractivity contribution in [1.82, 2.24) is 10.2 Å². The first-order valence-electron chi connectivity index (χ1n) is 10.8. The van der Waals surface area contributed by atoms with Crippen LogP contribution in [0, 0.1) is 0 Å². The van der Waals surface area contributed by atoms with Gasteiger partial charge in [0, 0.05) is 24.0 Å². The second kappa shape index (κ2) is 12.3. The summed E-state index contributed by atoms with van der Waals surface area (Å²) >= 11 is 6.33.